The van der Waals surface area contributed by atoms with Crippen LogP contribution in [-0.4, -0.2) is 85.3 Å². The third kappa shape index (κ3) is 7.04. The number of methoxy groups -OCH3 is 2. The number of anilines is 1. The second-order valence-electron chi connectivity index (χ2n) is 10.1. The Morgan fingerprint density at radius 3 is 2.19 bits per heavy atom. The Hall–Kier alpha value is -4.92. The third-order valence-electron chi connectivity index (χ3n) is 7.42. The van der Waals surface area contributed by atoms with Gasteiger partial charge in [-0.05, 0) is 54.4 Å². The molecule has 0 unspecified atom stereocenters. The molecule has 1 aliphatic rings. The van der Waals surface area contributed by atoms with Gasteiger partial charge in [0.1, 0.15) is 18.0 Å². The van der Waals surface area contributed by atoms with Crippen LogP contribution in [0.4, 0.5) is 5.82 Å². The van der Waals surface area contributed by atoms with Crippen LogP contribution in [0.3, 0.4) is 0 Å². The van der Waals surface area contributed by atoms with Crippen molar-refractivity contribution in [2.75, 3.05) is 58.4 Å². The molecule has 1 aromatic heterocycles. The number of piperazine rings is 1. The number of carbonyl (C=O) groups is 2. The minimum absolute atomic E-state index is 0.0118. The van der Waals surface area contributed by atoms with Crippen LogP contribution >= 0.6 is 0 Å². The molecule has 42 heavy (non-hydrogen) atoms. The van der Waals surface area contributed by atoms with Crippen LogP contribution in [0.1, 0.15) is 15.9 Å². The molecule has 216 valence electrons. The van der Waals surface area contributed by atoms with Gasteiger partial charge in [0.05, 0.1) is 19.9 Å². The van der Waals surface area contributed by atoms with Crippen LogP contribution in [0, 0.1) is 0 Å². The van der Waals surface area contributed by atoms with Gasteiger partial charge in [-0.3, -0.25) is 9.59 Å². The van der Waals surface area contributed by atoms with E-state index in [0.29, 0.717) is 50.5 Å². The Labute approximate surface area is 246 Å². The highest BCUT2D eigenvalue weighted by Gasteiger charge is 2.26. The molecule has 0 bridgehead atoms. The number of rotatable bonds is 10. The first-order valence-electron chi connectivity index (χ1n) is 14.0. The minimum atomic E-state index is -0.191. The molecule has 9 nitrogen and oxygen atoms in total. The van der Waals surface area contributed by atoms with E-state index in [9.17, 15) is 9.59 Å². The number of hydrogen-bond acceptors (Lipinski definition) is 7. The van der Waals surface area contributed by atoms with Crippen molar-refractivity contribution in [1.29, 1.82) is 0 Å². The van der Waals surface area contributed by atoms with E-state index in [1.807, 2.05) is 71.6 Å². The van der Waals surface area contributed by atoms with Crippen molar-refractivity contribution in [3.63, 3.8) is 0 Å². The number of ether oxygens (including phenoxy) is 2. The SMILES string of the molecule is COc1cccc(C(=O)N(CCc2ccccc2)CC(=O)N2CCN(c3ccc(-c4cccc(OC)c4)nn3)CC2)c1. The Balaban J connectivity index is 1.21. The summed E-state index contributed by atoms with van der Waals surface area (Å²) in [6, 6.07) is 28.6. The highest BCUT2D eigenvalue weighted by molar-refractivity contribution is 5.97. The maximum atomic E-state index is 13.5. The van der Waals surface area contributed by atoms with Gasteiger partial charge in [-0.15, -0.1) is 10.2 Å². The number of benzene rings is 3. The molecule has 5 rings (SSSR count). The Bertz CT molecular complexity index is 1490. The average Bonchev–Trinajstić information content (AvgIpc) is 3.07. The first kappa shape index (κ1) is 28.6. The molecule has 0 spiro atoms. The topological polar surface area (TPSA) is 88.1 Å². The molecule has 0 atom stereocenters. The monoisotopic (exact) mass is 565 g/mol. The van der Waals surface area contributed by atoms with Crippen molar-refractivity contribution in [3.05, 3.63) is 102 Å². The van der Waals surface area contributed by atoms with Crippen molar-refractivity contribution in [3.8, 4) is 22.8 Å². The fourth-order valence-electron chi connectivity index (χ4n) is 4.98. The zero-order chi connectivity index (χ0) is 29.3. The lowest BCUT2D eigenvalue weighted by Crippen LogP contribution is -2.52. The Morgan fingerprint density at radius 1 is 0.786 bits per heavy atom. The van der Waals surface area contributed by atoms with E-state index in [4.69, 9.17) is 9.47 Å². The summed E-state index contributed by atoms with van der Waals surface area (Å²) in [6.45, 7) is 2.79. The van der Waals surface area contributed by atoms with E-state index in [2.05, 4.69) is 15.1 Å². The van der Waals surface area contributed by atoms with Gasteiger partial charge in [-0.2, -0.15) is 0 Å². The summed E-state index contributed by atoms with van der Waals surface area (Å²) in [4.78, 5) is 32.5. The average molecular weight is 566 g/mol. The molecule has 0 aliphatic carbocycles. The smallest absolute Gasteiger partial charge is 0.254 e. The Morgan fingerprint density at radius 2 is 1.50 bits per heavy atom. The van der Waals surface area contributed by atoms with Crippen molar-refractivity contribution < 1.29 is 19.1 Å². The van der Waals surface area contributed by atoms with E-state index in [0.717, 1.165) is 28.4 Å². The molecule has 2 heterocycles. The normalized spacial score (nSPS) is 13.0. The zero-order valence-electron chi connectivity index (χ0n) is 24.0. The van der Waals surface area contributed by atoms with Gasteiger partial charge in [0, 0.05) is 43.9 Å². The summed E-state index contributed by atoms with van der Waals surface area (Å²) in [5.74, 6) is 1.88. The van der Waals surface area contributed by atoms with E-state index < -0.39 is 0 Å². The van der Waals surface area contributed by atoms with Crippen LogP contribution in [0.2, 0.25) is 0 Å². The second kappa shape index (κ2) is 13.6. The summed E-state index contributed by atoms with van der Waals surface area (Å²) < 4.78 is 10.6. The summed E-state index contributed by atoms with van der Waals surface area (Å²) >= 11 is 0. The lowest BCUT2D eigenvalue weighted by atomic mass is 10.1. The van der Waals surface area contributed by atoms with Crippen LogP contribution in [0.5, 0.6) is 11.5 Å². The molecule has 0 radical (unpaired) electrons. The predicted molar refractivity (Wildman–Crippen MR) is 162 cm³/mol. The summed E-state index contributed by atoms with van der Waals surface area (Å²) in [5.41, 5.74) is 3.31. The van der Waals surface area contributed by atoms with Crippen molar-refractivity contribution in [2.45, 2.75) is 6.42 Å². The van der Waals surface area contributed by atoms with E-state index in [-0.39, 0.29) is 18.4 Å². The van der Waals surface area contributed by atoms with Gasteiger partial charge in [0.25, 0.3) is 5.91 Å². The number of amides is 2. The quantitative estimate of drug-likeness (QED) is 0.285. The number of hydrogen-bond donors (Lipinski definition) is 0. The second-order valence-corrected chi connectivity index (χ2v) is 10.1. The van der Waals surface area contributed by atoms with E-state index in [1.165, 1.54) is 0 Å². The molecule has 0 saturated carbocycles. The van der Waals surface area contributed by atoms with Crippen molar-refractivity contribution in [1.82, 2.24) is 20.0 Å². The highest BCUT2D eigenvalue weighted by Crippen LogP contribution is 2.23. The highest BCUT2D eigenvalue weighted by atomic mass is 16.5. The molecule has 1 fully saturated rings. The summed E-state index contributed by atoms with van der Waals surface area (Å²) in [5, 5.41) is 8.86. The van der Waals surface area contributed by atoms with E-state index in [1.54, 1.807) is 43.4 Å². The maximum Gasteiger partial charge on any atom is 0.254 e. The first-order valence-corrected chi connectivity index (χ1v) is 14.0. The summed E-state index contributed by atoms with van der Waals surface area (Å²) in [7, 11) is 3.21. The predicted octanol–water partition coefficient (Wildman–Crippen LogP) is 4.19. The molecule has 2 amide bonds. The van der Waals surface area contributed by atoms with Gasteiger partial charge in [0.2, 0.25) is 5.91 Å². The van der Waals surface area contributed by atoms with Crippen LogP contribution in [-0.2, 0) is 11.2 Å². The third-order valence-corrected chi connectivity index (χ3v) is 7.42. The molecule has 3 aromatic carbocycles. The molecule has 0 N–H and O–H groups in total. The lowest BCUT2D eigenvalue weighted by molar-refractivity contribution is -0.132. The molecule has 4 aromatic rings. The van der Waals surface area contributed by atoms with Gasteiger partial charge >= 0.3 is 0 Å². The van der Waals surface area contributed by atoms with Crippen molar-refractivity contribution in [2.24, 2.45) is 0 Å². The van der Waals surface area contributed by atoms with Crippen LogP contribution in [0.25, 0.3) is 11.3 Å². The number of aromatic nitrogens is 2. The zero-order valence-corrected chi connectivity index (χ0v) is 24.0. The number of carbonyl (C=O) groups excluding carboxylic acids is 2. The van der Waals surface area contributed by atoms with Gasteiger partial charge < -0.3 is 24.2 Å². The fraction of sp³-hybridized carbons (Fsp3) is 0.273. The van der Waals surface area contributed by atoms with Gasteiger partial charge in [-0.25, -0.2) is 0 Å². The minimum Gasteiger partial charge on any atom is -0.497 e. The maximum absolute atomic E-state index is 13.5. The van der Waals surface area contributed by atoms with Gasteiger partial charge in [0.15, 0.2) is 5.82 Å². The molecule has 1 aliphatic heterocycles. The van der Waals surface area contributed by atoms with Crippen LogP contribution < -0.4 is 14.4 Å². The molecular formula is C33H35N5O4. The van der Waals surface area contributed by atoms with Gasteiger partial charge in [-0.1, -0.05) is 48.5 Å². The largest absolute Gasteiger partial charge is 0.497 e. The van der Waals surface area contributed by atoms with Crippen LogP contribution in [0.15, 0.2) is 91.0 Å². The van der Waals surface area contributed by atoms with Crippen molar-refractivity contribution >= 4 is 17.6 Å². The molecule has 1 saturated heterocycles. The van der Waals surface area contributed by atoms with E-state index >= 15 is 0 Å². The summed E-state index contributed by atoms with van der Waals surface area (Å²) in [6.07, 6.45) is 0.655. The molecular weight excluding hydrogens is 530 g/mol. The number of nitrogens with zero attached hydrogens (tertiary/aromatic N) is 5. The lowest BCUT2D eigenvalue weighted by Gasteiger charge is -2.36. The standard InChI is InChI=1S/C33H35N5O4/c1-41-28-12-6-10-26(22-28)30-14-15-31(35-34-30)36-18-20-37(21-19-36)32(39)24-38(17-16-25-8-4-3-5-9-25)33(40)27-11-7-13-29(23-27)42-2/h3-15,22-23H,16-21,24H2,1-2H3. The first-order chi connectivity index (χ1) is 20.5. The molecule has 9 heteroatoms. The fourth-order valence-corrected chi connectivity index (χ4v) is 4.98. The Kier molecular flexibility index (Phi) is 9.28.